The number of hydrogen-bond acceptors (Lipinski definition) is 3. The summed E-state index contributed by atoms with van der Waals surface area (Å²) in [5, 5.41) is 5.37. The maximum Gasteiger partial charge on any atom is 0.238 e. The quantitative estimate of drug-likeness (QED) is 0.744. The van der Waals surface area contributed by atoms with Gasteiger partial charge >= 0.3 is 0 Å². The second kappa shape index (κ2) is 8.03. The fraction of sp³-hybridized carbons (Fsp3) is 0.292. The van der Waals surface area contributed by atoms with Gasteiger partial charge in [-0.05, 0) is 53.9 Å². The zero-order chi connectivity index (χ0) is 19.5. The zero-order valence-electron chi connectivity index (χ0n) is 16.6. The van der Waals surface area contributed by atoms with Crippen molar-refractivity contribution < 1.29 is 4.79 Å². The van der Waals surface area contributed by atoms with E-state index in [0.29, 0.717) is 6.54 Å². The molecular formula is C24H27N3O. The first-order valence-electron chi connectivity index (χ1n) is 9.92. The van der Waals surface area contributed by atoms with Crippen LogP contribution < -0.4 is 10.2 Å². The number of piperazine rings is 1. The summed E-state index contributed by atoms with van der Waals surface area (Å²) in [5.74, 6) is 0.0514. The standard InChI is InChI=1S/C24H27N3O/c1-18-6-5-9-23(19(18)2)27-14-12-26(13-15-27)17-24(28)25-22-11-10-20-7-3-4-8-21(20)16-22/h3-11,16H,12-15,17H2,1-2H3,(H,25,28). The lowest BCUT2D eigenvalue weighted by atomic mass is 10.1. The zero-order valence-corrected chi connectivity index (χ0v) is 16.6. The van der Waals surface area contributed by atoms with Crippen molar-refractivity contribution in [2.24, 2.45) is 0 Å². The van der Waals surface area contributed by atoms with Crippen molar-refractivity contribution in [3.05, 3.63) is 71.8 Å². The molecule has 1 fully saturated rings. The SMILES string of the molecule is Cc1cccc(N2CCN(CC(=O)Nc3ccc4ccccc4c3)CC2)c1C. The normalized spacial score (nSPS) is 15.0. The molecule has 1 N–H and O–H groups in total. The highest BCUT2D eigenvalue weighted by molar-refractivity contribution is 5.95. The van der Waals surface area contributed by atoms with E-state index in [9.17, 15) is 4.79 Å². The highest BCUT2D eigenvalue weighted by atomic mass is 16.2. The average molecular weight is 374 g/mol. The van der Waals surface area contributed by atoms with Crippen LogP contribution in [0.2, 0.25) is 0 Å². The number of amides is 1. The number of anilines is 2. The van der Waals surface area contributed by atoms with E-state index in [1.165, 1.54) is 22.2 Å². The number of fused-ring (bicyclic) bond motifs is 1. The maximum absolute atomic E-state index is 12.5. The van der Waals surface area contributed by atoms with E-state index in [2.05, 4.69) is 59.3 Å². The third-order valence-electron chi connectivity index (χ3n) is 5.69. The maximum atomic E-state index is 12.5. The summed E-state index contributed by atoms with van der Waals surface area (Å²) in [6.07, 6.45) is 0. The van der Waals surface area contributed by atoms with Gasteiger partial charge in [-0.1, -0.05) is 42.5 Å². The third-order valence-corrected chi connectivity index (χ3v) is 5.69. The largest absolute Gasteiger partial charge is 0.369 e. The Balaban J connectivity index is 1.32. The second-order valence-corrected chi connectivity index (χ2v) is 7.59. The fourth-order valence-electron chi connectivity index (χ4n) is 3.90. The number of rotatable bonds is 4. The molecular weight excluding hydrogens is 346 g/mol. The number of aryl methyl sites for hydroxylation is 1. The highest BCUT2D eigenvalue weighted by Gasteiger charge is 2.20. The third kappa shape index (κ3) is 4.02. The van der Waals surface area contributed by atoms with Crippen LogP contribution in [0.4, 0.5) is 11.4 Å². The molecule has 3 aromatic rings. The van der Waals surface area contributed by atoms with Crippen LogP contribution in [0.25, 0.3) is 10.8 Å². The van der Waals surface area contributed by atoms with E-state index >= 15 is 0 Å². The monoisotopic (exact) mass is 373 g/mol. The Labute approximate surface area is 166 Å². The number of nitrogens with one attached hydrogen (secondary N) is 1. The topological polar surface area (TPSA) is 35.6 Å². The lowest BCUT2D eigenvalue weighted by Crippen LogP contribution is -2.48. The Morgan fingerprint density at radius 2 is 1.64 bits per heavy atom. The minimum atomic E-state index is 0.0514. The van der Waals surface area contributed by atoms with Crippen molar-refractivity contribution in [3.8, 4) is 0 Å². The van der Waals surface area contributed by atoms with Gasteiger partial charge in [0.2, 0.25) is 5.91 Å². The fourth-order valence-corrected chi connectivity index (χ4v) is 3.90. The summed E-state index contributed by atoms with van der Waals surface area (Å²) in [4.78, 5) is 17.2. The molecule has 0 saturated carbocycles. The number of benzene rings is 3. The molecule has 0 aliphatic carbocycles. The van der Waals surface area contributed by atoms with Gasteiger partial charge in [-0.25, -0.2) is 0 Å². The minimum Gasteiger partial charge on any atom is -0.369 e. The average Bonchev–Trinajstić information content (AvgIpc) is 2.71. The number of carbonyl (C=O) groups excluding carboxylic acids is 1. The van der Waals surface area contributed by atoms with Gasteiger partial charge in [-0.2, -0.15) is 0 Å². The molecule has 4 rings (SSSR count). The number of hydrogen-bond donors (Lipinski definition) is 1. The minimum absolute atomic E-state index is 0.0514. The van der Waals surface area contributed by atoms with Crippen molar-refractivity contribution in [2.45, 2.75) is 13.8 Å². The van der Waals surface area contributed by atoms with Crippen molar-refractivity contribution >= 4 is 28.1 Å². The van der Waals surface area contributed by atoms with Crippen molar-refractivity contribution in [1.82, 2.24) is 4.90 Å². The first-order chi connectivity index (χ1) is 13.6. The van der Waals surface area contributed by atoms with Gasteiger partial charge in [0.25, 0.3) is 0 Å². The molecule has 1 heterocycles. The molecule has 0 aromatic heterocycles. The van der Waals surface area contributed by atoms with Gasteiger partial charge in [-0.3, -0.25) is 9.69 Å². The first-order valence-corrected chi connectivity index (χ1v) is 9.92. The van der Waals surface area contributed by atoms with Crippen LogP contribution in [0.5, 0.6) is 0 Å². The van der Waals surface area contributed by atoms with Crippen LogP contribution in [0.15, 0.2) is 60.7 Å². The van der Waals surface area contributed by atoms with Crippen LogP contribution in [0.3, 0.4) is 0 Å². The predicted molar refractivity (Wildman–Crippen MR) is 117 cm³/mol. The van der Waals surface area contributed by atoms with E-state index < -0.39 is 0 Å². The van der Waals surface area contributed by atoms with Crippen LogP contribution in [0.1, 0.15) is 11.1 Å². The Kier molecular flexibility index (Phi) is 5.31. The first kappa shape index (κ1) is 18.5. The smallest absolute Gasteiger partial charge is 0.238 e. The van der Waals surface area contributed by atoms with Gasteiger partial charge in [-0.15, -0.1) is 0 Å². The van der Waals surface area contributed by atoms with E-state index in [-0.39, 0.29) is 5.91 Å². The molecule has 4 heteroatoms. The Morgan fingerprint density at radius 3 is 2.43 bits per heavy atom. The van der Waals surface area contributed by atoms with Crippen LogP contribution >= 0.6 is 0 Å². The molecule has 0 unspecified atom stereocenters. The molecule has 1 amide bonds. The lowest BCUT2D eigenvalue weighted by molar-refractivity contribution is -0.117. The number of nitrogens with zero attached hydrogens (tertiary/aromatic N) is 2. The molecule has 0 atom stereocenters. The summed E-state index contributed by atoms with van der Waals surface area (Å²) < 4.78 is 0. The van der Waals surface area contributed by atoms with E-state index in [1.807, 2.05) is 30.3 Å². The van der Waals surface area contributed by atoms with Gasteiger partial charge in [0.05, 0.1) is 6.54 Å². The van der Waals surface area contributed by atoms with Gasteiger partial charge < -0.3 is 10.2 Å². The molecule has 0 bridgehead atoms. The molecule has 1 aliphatic heterocycles. The Hall–Kier alpha value is -2.85. The summed E-state index contributed by atoms with van der Waals surface area (Å²) >= 11 is 0. The summed E-state index contributed by atoms with van der Waals surface area (Å²) in [6, 6.07) is 20.7. The van der Waals surface area contributed by atoms with Gasteiger partial charge in [0.1, 0.15) is 0 Å². The van der Waals surface area contributed by atoms with Crippen LogP contribution in [-0.4, -0.2) is 43.5 Å². The van der Waals surface area contributed by atoms with Crippen molar-refractivity contribution in [1.29, 1.82) is 0 Å². The van der Waals surface area contributed by atoms with Crippen molar-refractivity contribution in [3.63, 3.8) is 0 Å². The molecule has 4 nitrogen and oxygen atoms in total. The summed E-state index contributed by atoms with van der Waals surface area (Å²) in [7, 11) is 0. The molecule has 0 radical (unpaired) electrons. The van der Waals surface area contributed by atoms with Gasteiger partial charge in [0, 0.05) is 37.6 Å². The molecule has 1 saturated heterocycles. The molecule has 0 spiro atoms. The van der Waals surface area contributed by atoms with E-state index in [4.69, 9.17) is 0 Å². The van der Waals surface area contributed by atoms with Crippen LogP contribution in [-0.2, 0) is 4.79 Å². The van der Waals surface area contributed by atoms with Crippen LogP contribution in [0, 0.1) is 13.8 Å². The second-order valence-electron chi connectivity index (χ2n) is 7.59. The predicted octanol–water partition coefficient (Wildman–Crippen LogP) is 4.22. The molecule has 1 aliphatic rings. The van der Waals surface area contributed by atoms with E-state index in [0.717, 1.165) is 37.3 Å². The van der Waals surface area contributed by atoms with E-state index in [1.54, 1.807) is 0 Å². The Morgan fingerprint density at radius 1 is 0.893 bits per heavy atom. The molecule has 28 heavy (non-hydrogen) atoms. The molecule has 144 valence electrons. The summed E-state index contributed by atoms with van der Waals surface area (Å²) in [6.45, 7) is 8.49. The van der Waals surface area contributed by atoms with Crippen molar-refractivity contribution in [2.75, 3.05) is 42.9 Å². The lowest BCUT2D eigenvalue weighted by Gasteiger charge is -2.36. The van der Waals surface area contributed by atoms with Gasteiger partial charge in [0.15, 0.2) is 0 Å². The highest BCUT2D eigenvalue weighted by Crippen LogP contribution is 2.24. The Bertz CT molecular complexity index is 990. The molecule has 3 aromatic carbocycles. The summed E-state index contributed by atoms with van der Waals surface area (Å²) in [5.41, 5.74) is 4.86. The number of carbonyl (C=O) groups is 1.